The number of rotatable bonds is 3. The number of aromatic nitrogens is 2. The van der Waals surface area contributed by atoms with E-state index >= 15 is 0 Å². The summed E-state index contributed by atoms with van der Waals surface area (Å²) >= 11 is 1.54. The quantitative estimate of drug-likeness (QED) is 0.856. The predicted molar refractivity (Wildman–Crippen MR) is 69.7 cm³/mol. The van der Waals surface area contributed by atoms with Gasteiger partial charge in [0.25, 0.3) is 0 Å². The molecule has 0 radical (unpaired) electrons. The van der Waals surface area contributed by atoms with Crippen molar-refractivity contribution in [1.29, 1.82) is 0 Å². The van der Waals surface area contributed by atoms with Crippen LogP contribution in [0.5, 0.6) is 0 Å². The monoisotopic (exact) mass is 264 g/mol. The van der Waals surface area contributed by atoms with Gasteiger partial charge in [0.05, 0.1) is 16.5 Å². The molecule has 1 saturated carbocycles. The Hall–Kier alpha value is -1.07. The van der Waals surface area contributed by atoms with Crippen LogP contribution in [0.15, 0.2) is 28.7 Å². The minimum atomic E-state index is -0.938. The molecule has 0 aromatic carbocycles. The average Bonchev–Trinajstić information content (AvgIpc) is 3.09. The van der Waals surface area contributed by atoms with Gasteiger partial charge in [-0.2, -0.15) is 0 Å². The molecule has 2 heterocycles. The van der Waals surface area contributed by atoms with Gasteiger partial charge in [0, 0.05) is 30.1 Å². The van der Waals surface area contributed by atoms with Crippen LogP contribution in [0.3, 0.4) is 0 Å². The molecule has 0 N–H and O–H groups in total. The van der Waals surface area contributed by atoms with Gasteiger partial charge in [-0.1, -0.05) is 0 Å². The average molecular weight is 264 g/mol. The lowest BCUT2D eigenvalue weighted by atomic mass is 10.3. The molecule has 1 atom stereocenters. The van der Waals surface area contributed by atoms with Crippen molar-refractivity contribution in [3.05, 3.63) is 30.2 Å². The Kier molecular flexibility index (Phi) is 2.80. The third kappa shape index (κ3) is 2.17. The second-order valence-corrected chi connectivity index (χ2v) is 6.74. The largest absolute Gasteiger partial charge is 0.264 e. The molecule has 88 valence electrons. The third-order valence-electron chi connectivity index (χ3n) is 2.75. The molecule has 0 saturated heterocycles. The Bertz CT molecular complexity index is 561. The smallest absolute Gasteiger partial charge is 0.126 e. The maximum absolute atomic E-state index is 11.7. The minimum Gasteiger partial charge on any atom is -0.264 e. The summed E-state index contributed by atoms with van der Waals surface area (Å²) in [6.45, 7) is 0. The van der Waals surface area contributed by atoms with E-state index in [0.29, 0.717) is 5.92 Å². The van der Waals surface area contributed by atoms with Crippen molar-refractivity contribution in [2.75, 3.05) is 6.26 Å². The maximum Gasteiger partial charge on any atom is 0.126 e. The van der Waals surface area contributed by atoms with Crippen molar-refractivity contribution in [3.8, 4) is 10.6 Å². The van der Waals surface area contributed by atoms with E-state index in [4.69, 9.17) is 0 Å². The van der Waals surface area contributed by atoms with E-state index in [-0.39, 0.29) is 0 Å². The van der Waals surface area contributed by atoms with Crippen molar-refractivity contribution in [2.24, 2.45) is 0 Å². The number of thiazole rings is 1. The Morgan fingerprint density at radius 3 is 2.88 bits per heavy atom. The molecular weight excluding hydrogens is 252 g/mol. The molecule has 0 amide bonds. The van der Waals surface area contributed by atoms with Crippen molar-refractivity contribution in [1.82, 2.24) is 9.97 Å². The van der Waals surface area contributed by atoms with E-state index in [0.717, 1.165) is 20.5 Å². The van der Waals surface area contributed by atoms with E-state index in [1.165, 1.54) is 24.2 Å². The molecule has 2 aromatic rings. The molecule has 5 heteroatoms. The Labute approximate surface area is 106 Å². The summed E-state index contributed by atoms with van der Waals surface area (Å²) < 4.78 is 12.6. The molecule has 1 unspecified atom stereocenters. The van der Waals surface area contributed by atoms with Gasteiger partial charge in [-0.25, -0.2) is 4.98 Å². The van der Waals surface area contributed by atoms with Crippen molar-refractivity contribution < 1.29 is 4.21 Å². The standard InChI is InChI=1S/C12H12N2OS2/c1-17(15)12-10(8-4-5-8)14-11(16-12)9-3-2-6-13-7-9/h2-3,6-8H,4-5H2,1H3. The topological polar surface area (TPSA) is 42.9 Å². The first kappa shape index (κ1) is 11.0. The molecular formula is C12H12N2OS2. The molecule has 1 aliphatic carbocycles. The van der Waals surface area contributed by atoms with Gasteiger partial charge in [-0.3, -0.25) is 9.19 Å². The van der Waals surface area contributed by atoms with E-state index in [9.17, 15) is 4.21 Å². The van der Waals surface area contributed by atoms with Gasteiger partial charge in [0.15, 0.2) is 0 Å². The van der Waals surface area contributed by atoms with Gasteiger partial charge < -0.3 is 0 Å². The first-order valence-electron chi connectivity index (χ1n) is 5.50. The molecule has 3 rings (SSSR count). The van der Waals surface area contributed by atoms with E-state index in [1.54, 1.807) is 18.6 Å². The van der Waals surface area contributed by atoms with Gasteiger partial charge >= 0.3 is 0 Å². The molecule has 0 bridgehead atoms. The number of nitrogens with zero attached hydrogens (tertiary/aromatic N) is 2. The van der Waals surface area contributed by atoms with Crippen LogP contribution in [0.1, 0.15) is 24.5 Å². The highest BCUT2D eigenvalue weighted by Gasteiger charge is 2.31. The molecule has 0 spiro atoms. The number of hydrogen-bond acceptors (Lipinski definition) is 4. The lowest BCUT2D eigenvalue weighted by Gasteiger charge is -1.93. The van der Waals surface area contributed by atoms with Gasteiger partial charge in [0.2, 0.25) is 0 Å². The zero-order valence-corrected chi connectivity index (χ0v) is 11.1. The van der Waals surface area contributed by atoms with Crippen LogP contribution in [0.4, 0.5) is 0 Å². The summed E-state index contributed by atoms with van der Waals surface area (Å²) in [5, 5.41) is 0.935. The van der Waals surface area contributed by atoms with Crippen molar-refractivity contribution in [2.45, 2.75) is 23.0 Å². The van der Waals surface area contributed by atoms with Gasteiger partial charge in [-0.15, -0.1) is 11.3 Å². The Morgan fingerprint density at radius 2 is 2.29 bits per heavy atom. The number of hydrogen-bond donors (Lipinski definition) is 0. The summed E-state index contributed by atoms with van der Waals surface area (Å²) in [6, 6.07) is 3.89. The Balaban J connectivity index is 2.07. The SMILES string of the molecule is CS(=O)c1sc(-c2cccnc2)nc1C1CC1. The second-order valence-electron chi connectivity index (χ2n) is 4.16. The van der Waals surface area contributed by atoms with Crippen LogP contribution in [0.25, 0.3) is 10.6 Å². The first-order valence-corrected chi connectivity index (χ1v) is 7.87. The Morgan fingerprint density at radius 1 is 1.47 bits per heavy atom. The fourth-order valence-electron chi connectivity index (χ4n) is 1.75. The second kappa shape index (κ2) is 4.31. The third-order valence-corrected chi connectivity index (χ3v) is 5.35. The summed E-state index contributed by atoms with van der Waals surface area (Å²) in [4.78, 5) is 8.75. The van der Waals surface area contributed by atoms with Crippen LogP contribution in [0, 0.1) is 0 Å². The van der Waals surface area contributed by atoms with Crippen LogP contribution in [-0.2, 0) is 10.8 Å². The maximum atomic E-state index is 11.7. The molecule has 2 aromatic heterocycles. The molecule has 0 aliphatic heterocycles. The summed E-state index contributed by atoms with van der Waals surface area (Å²) in [7, 11) is -0.938. The summed E-state index contributed by atoms with van der Waals surface area (Å²) in [5.41, 5.74) is 2.06. The van der Waals surface area contributed by atoms with Gasteiger partial charge in [0.1, 0.15) is 9.22 Å². The molecule has 17 heavy (non-hydrogen) atoms. The van der Waals surface area contributed by atoms with E-state index in [2.05, 4.69) is 9.97 Å². The zero-order valence-electron chi connectivity index (χ0n) is 9.42. The summed E-state index contributed by atoms with van der Waals surface area (Å²) in [5.74, 6) is 0.538. The molecule has 3 nitrogen and oxygen atoms in total. The minimum absolute atomic E-state index is 0.538. The normalized spacial score (nSPS) is 17.0. The summed E-state index contributed by atoms with van der Waals surface area (Å²) in [6.07, 6.45) is 7.64. The molecule has 1 fully saturated rings. The van der Waals surface area contributed by atoms with Crippen LogP contribution in [-0.4, -0.2) is 20.4 Å². The highest BCUT2D eigenvalue weighted by molar-refractivity contribution is 7.86. The van der Waals surface area contributed by atoms with Crippen molar-refractivity contribution >= 4 is 22.1 Å². The highest BCUT2D eigenvalue weighted by atomic mass is 32.2. The van der Waals surface area contributed by atoms with E-state index in [1.807, 2.05) is 12.1 Å². The highest BCUT2D eigenvalue weighted by Crippen LogP contribution is 2.45. The fraction of sp³-hybridized carbons (Fsp3) is 0.333. The zero-order chi connectivity index (χ0) is 11.8. The predicted octanol–water partition coefficient (Wildman–Crippen LogP) is 2.82. The molecule has 1 aliphatic rings. The van der Waals surface area contributed by atoms with Crippen molar-refractivity contribution in [3.63, 3.8) is 0 Å². The van der Waals surface area contributed by atoms with E-state index < -0.39 is 10.8 Å². The first-order chi connectivity index (χ1) is 8.25. The van der Waals surface area contributed by atoms with Crippen LogP contribution in [0.2, 0.25) is 0 Å². The van der Waals surface area contributed by atoms with Crippen LogP contribution >= 0.6 is 11.3 Å². The lowest BCUT2D eigenvalue weighted by Crippen LogP contribution is -1.89. The lowest BCUT2D eigenvalue weighted by molar-refractivity contribution is 0.687. The van der Waals surface area contributed by atoms with Crippen LogP contribution < -0.4 is 0 Å². The number of pyridine rings is 1. The fourth-order valence-corrected chi connectivity index (χ4v) is 3.84. The van der Waals surface area contributed by atoms with Gasteiger partial charge in [-0.05, 0) is 25.0 Å².